The minimum atomic E-state index is -4.93. The van der Waals surface area contributed by atoms with Crippen LogP contribution in [0.5, 0.6) is 0 Å². The van der Waals surface area contributed by atoms with E-state index < -0.39 is 41.9 Å². The summed E-state index contributed by atoms with van der Waals surface area (Å²) in [6.07, 6.45) is -11.9. The number of hydrogen-bond donors (Lipinski definition) is 0. The predicted octanol–water partition coefficient (Wildman–Crippen LogP) is 7.40. The van der Waals surface area contributed by atoms with Crippen LogP contribution < -0.4 is 0 Å². The second-order valence-corrected chi connectivity index (χ2v) is 8.67. The monoisotopic (exact) mass is 509 g/mol. The highest BCUT2D eigenvalue weighted by atomic mass is 19.4. The molecular formula is C27H25F6NO2. The van der Waals surface area contributed by atoms with E-state index in [1.807, 2.05) is 60.7 Å². The highest BCUT2D eigenvalue weighted by Crippen LogP contribution is 2.39. The van der Waals surface area contributed by atoms with Crippen LogP contribution in [0.15, 0.2) is 78.9 Å². The van der Waals surface area contributed by atoms with Crippen LogP contribution in [0.3, 0.4) is 0 Å². The minimum Gasteiger partial charge on any atom is -0.349 e. The average Bonchev–Trinajstić information content (AvgIpc) is 2.84. The zero-order valence-electron chi connectivity index (χ0n) is 19.4. The van der Waals surface area contributed by atoms with Gasteiger partial charge in [-0.25, -0.2) is 0 Å². The Kier molecular flexibility index (Phi) is 7.73. The quantitative estimate of drug-likeness (QED) is 0.323. The van der Waals surface area contributed by atoms with Gasteiger partial charge in [-0.1, -0.05) is 60.7 Å². The lowest BCUT2D eigenvalue weighted by atomic mass is 10.0. The van der Waals surface area contributed by atoms with Crippen molar-refractivity contribution >= 4 is 0 Å². The minimum absolute atomic E-state index is 0.113. The lowest BCUT2D eigenvalue weighted by Gasteiger charge is -2.42. The summed E-state index contributed by atoms with van der Waals surface area (Å²) in [5.41, 5.74) is -1.06. The van der Waals surface area contributed by atoms with Gasteiger partial charge < -0.3 is 9.47 Å². The van der Waals surface area contributed by atoms with Crippen LogP contribution in [0.2, 0.25) is 0 Å². The summed E-state index contributed by atoms with van der Waals surface area (Å²) in [6.45, 7) is 2.87. The third kappa shape index (κ3) is 6.27. The number of morpholine rings is 1. The second kappa shape index (κ2) is 10.6. The molecule has 0 radical (unpaired) electrons. The highest BCUT2D eigenvalue weighted by molar-refractivity contribution is 5.35. The van der Waals surface area contributed by atoms with Gasteiger partial charge in [0.2, 0.25) is 0 Å². The van der Waals surface area contributed by atoms with Gasteiger partial charge in [-0.15, -0.1) is 0 Å². The molecule has 3 aromatic carbocycles. The topological polar surface area (TPSA) is 21.7 Å². The lowest BCUT2D eigenvalue weighted by Crippen LogP contribution is -2.46. The first-order valence-corrected chi connectivity index (χ1v) is 11.4. The van der Waals surface area contributed by atoms with Crippen LogP contribution in [0, 0.1) is 0 Å². The van der Waals surface area contributed by atoms with E-state index in [9.17, 15) is 26.3 Å². The molecule has 1 aliphatic heterocycles. The number of benzene rings is 3. The van der Waals surface area contributed by atoms with Gasteiger partial charge in [0.05, 0.1) is 29.9 Å². The van der Waals surface area contributed by atoms with Gasteiger partial charge in [-0.3, -0.25) is 4.90 Å². The zero-order chi connectivity index (χ0) is 25.9. The van der Waals surface area contributed by atoms with Crippen molar-refractivity contribution in [3.05, 3.63) is 107 Å². The fourth-order valence-electron chi connectivity index (χ4n) is 4.31. The third-order valence-electron chi connectivity index (χ3n) is 6.10. The Bertz CT molecular complexity index is 1100. The van der Waals surface area contributed by atoms with Gasteiger partial charge in [0, 0.05) is 13.1 Å². The normalized spacial score (nSPS) is 20.3. The van der Waals surface area contributed by atoms with Crippen LogP contribution >= 0.6 is 0 Å². The van der Waals surface area contributed by atoms with Crippen molar-refractivity contribution in [2.45, 2.75) is 44.3 Å². The van der Waals surface area contributed by atoms with Gasteiger partial charge in [-0.05, 0) is 41.8 Å². The number of ether oxygens (including phenoxy) is 2. The SMILES string of the molecule is C[C@@H](O[C@H]1OCCN(Cc2ccccc2)[C@@H]1c1ccccc1)c1cc(C(F)(F)F)cc(C(F)(F)F)c1. The molecule has 1 aliphatic rings. The van der Waals surface area contributed by atoms with E-state index >= 15 is 0 Å². The van der Waals surface area contributed by atoms with Crippen LogP contribution in [0.25, 0.3) is 0 Å². The number of alkyl halides is 6. The molecule has 1 saturated heterocycles. The summed E-state index contributed by atoms with van der Waals surface area (Å²) in [5.74, 6) is 0. The molecule has 4 rings (SSSR count). The van der Waals surface area contributed by atoms with Gasteiger partial charge >= 0.3 is 12.4 Å². The van der Waals surface area contributed by atoms with Crippen LogP contribution in [0.1, 0.15) is 46.9 Å². The number of nitrogens with zero attached hydrogens (tertiary/aromatic N) is 1. The van der Waals surface area contributed by atoms with Gasteiger partial charge in [0.1, 0.15) is 0 Å². The van der Waals surface area contributed by atoms with E-state index in [0.717, 1.165) is 11.1 Å². The van der Waals surface area contributed by atoms with E-state index in [1.165, 1.54) is 6.92 Å². The summed E-state index contributed by atoms with van der Waals surface area (Å²) in [6, 6.07) is 20.2. The van der Waals surface area contributed by atoms with Crippen molar-refractivity contribution in [1.82, 2.24) is 4.90 Å². The Labute approximate surface area is 205 Å². The summed E-state index contributed by atoms with van der Waals surface area (Å²) < 4.78 is 92.1. The summed E-state index contributed by atoms with van der Waals surface area (Å²) in [4.78, 5) is 2.14. The average molecular weight is 509 g/mol. The molecule has 3 aromatic rings. The Morgan fingerprint density at radius 3 is 1.97 bits per heavy atom. The van der Waals surface area contributed by atoms with Crippen molar-refractivity contribution in [2.24, 2.45) is 0 Å². The summed E-state index contributed by atoms with van der Waals surface area (Å²) in [5, 5.41) is 0. The van der Waals surface area contributed by atoms with Crippen molar-refractivity contribution in [3.8, 4) is 0 Å². The molecule has 0 aromatic heterocycles. The molecule has 36 heavy (non-hydrogen) atoms. The molecule has 3 nitrogen and oxygen atoms in total. The standard InChI is InChI=1S/C27H25F6NO2/c1-18(21-14-22(26(28,29)30)16-23(15-21)27(31,32)33)36-25-24(20-10-6-3-7-11-20)34(12-13-35-25)17-19-8-4-2-5-9-19/h2-11,14-16,18,24-25H,12-13,17H2,1H3/t18-,24-,25-/m1/s1. The Hall–Kier alpha value is -2.88. The molecule has 0 spiro atoms. The smallest absolute Gasteiger partial charge is 0.349 e. The number of halogens is 6. The molecule has 0 saturated carbocycles. The van der Waals surface area contributed by atoms with Crippen molar-refractivity contribution in [3.63, 3.8) is 0 Å². The molecule has 0 bridgehead atoms. The van der Waals surface area contributed by atoms with E-state index in [0.29, 0.717) is 31.8 Å². The van der Waals surface area contributed by atoms with E-state index in [2.05, 4.69) is 4.90 Å². The molecule has 3 atom stereocenters. The van der Waals surface area contributed by atoms with E-state index in [1.54, 1.807) is 0 Å². The molecule has 1 heterocycles. The fourth-order valence-corrected chi connectivity index (χ4v) is 4.31. The Balaban J connectivity index is 1.65. The molecule has 192 valence electrons. The summed E-state index contributed by atoms with van der Waals surface area (Å²) in [7, 11) is 0. The molecule has 0 aliphatic carbocycles. The van der Waals surface area contributed by atoms with Crippen LogP contribution in [-0.2, 0) is 28.4 Å². The molecular weight excluding hydrogens is 484 g/mol. The van der Waals surface area contributed by atoms with Gasteiger partial charge in [-0.2, -0.15) is 26.3 Å². The first kappa shape index (κ1) is 26.2. The van der Waals surface area contributed by atoms with Crippen molar-refractivity contribution in [1.29, 1.82) is 0 Å². The maximum atomic E-state index is 13.4. The Morgan fingerprint density at radius 2 is 1.42 bits per heavy atom. The molecule has 0 amide bonds. The second-order valence-electron chi connectivity index (χ2n) is 8.67. The van der Waals surface area contributed by atoms with Crippen molar-refractivity contribution < 1.29 is 35.8 Å². The van der Waals surface area contributed by atoms with Crippen molar-refractivity contribution in [2.75, 3.05) is 13.2 Å². The first-order chi connectivity index (χ1) is 17.0. The van der Waals surface area contributed by atoms with Crippen LogP contribution in [-0.4, -0.2) is 24.3 Å². The van der Waals surface area contributed by atoms with E-state index in [-0.39, 0.29) is 11.6 Å². The van der Waals surface area contributed by atoms with Crippen LogP contribution in [0.4, 0.5) is 26.3 Å². The highest BCUT2D eigenvalue weighted by Gasteiger charge is 2.39. The molecule has 0 unspecified atom stereocenters. The molecule has 0 N–H and O–H groups in total. The number of rotatable bonds is 6. The molecule has 9 heteroatoms. The largest absolute Gasteiger partial charge is 0.416 e. The maximum absolute atomic E-state index is 13.4. The third-order valence-corrected chi connectivity index (χ3v) is 6.10. The van der Waals surface area contributed by atoms with Gasteiger partial charge in [0.15, 0.2) is 6.29 Å². The molecule has 1 fully saturated rings. The van der Waals surface area contributed by atoms with E-state index in [4.69, 9.17) is 9.47 Å². The van der Waals surface area contributed by atoms with Gasteiger partial charge in [0.25, 0.3) is 0 Å². The summed E-state index contributed by atoms with van der Waals surface area (Å²) >= 11 is 0. The number of hydrogen-bond acceptors (Lipinski definition) is 3. The lowest BCUT2D eigenvalue weighted by molar-refractivity contribution is -0.231. The maximum Gasteiger partial charge on any atom is 0.416 e. The Morgan fingerprint density at radius 1 is 0.861 bits per heavy atom. The first-order valence-electron chi connectivity index (χ1n) is 11.4. The fraction of sp³-hybridized carbons (Fsp3) is 0.333. The predicted molar refractivity (Wildman–Crippen MR) is 122 cm³/mol. The zero-order valence-corrected chi connectivity index (χ0v) is 19.4.